The molecule has 2 heteroatoms. The number of aliphatic hydroxyl groups excluding tert-OH is 1. The highest BCUT2D eigenvalue weighted by molar-refractivity contribution is 5.17. The molecule has 72 valence electrons. The second-order valence-electron chi connectivity index (χ2n) is 3.29. The van der Waals surface area contributed by atoms with E-state index in [1.54, 1.807) is 7.11 Å². The molecule has 0 aliphatic heterocycles. The number of rotatable bonds is 4. The molecule has 0 saturated heterocycles. The van der Waals surface area contributed by atoms with E-state index in [0.29, 0.717) is 6.61 Å². The summed E-state index contributed by atoms with van der Waals surface area (Å²) in [5.41, 5.74) is 0.951. The van der Waals surface area contributed by atoms with E-state index in [-0.39, 0.29) is 5.92 Å². The van der Waals surface area contributed by atoms with E-state index in [1.807, 2.05) is 37.3 Å². The fourth-order valence-corrected chi connectivity index (χ4v) is 1.33. The molecule has 1 aromatic carbocycles. The van der Waals surface area contributed by atoms with Crippen LogP contribution in [0, 0.1) is 5.92 Å². The summed E-state index contributed by atoms with van der Waals surface area (Å²) in [6.45, 7) is 2.55. The summed E-state index contributed by atoms with van der Waals surface area (Å²) in [4.78, 5) is 0. The van der Waals surface area contributed by atoms with Crippen molar-refractivity contribution in [2.75, 3.05) is 13.7 Å². The maximum atomic E-state index is 9.84. The van der Waals surface area contributed by atoms with E-state index in [4.69, 9.17) is 4.74 Å². The summed E-state index contributed by atoms with van der Waals surface area (Å²) in [5, 5.41) is 9.84. The van der Waals surface area contributed by atoms with E-state index in [0.717, 1.165) is 5.56 Å². The minimum Gasteiger partial charge on any atom is -0.388 e. The summed E-state index contributed by atoms with van der Waals surface area (Å²) in [6.07, 6.45) is -0.429. The van der Waals surface area contributed by atoms with Gasteiger partial charge in [0.1, 0.15) is 0 Å². The van der Waals surface area contributed by atoms with Crippen LogP contribution in [0.3, 0.4) is 0 Å². The van der Waals surface area contributed by atoms with Crippen molar-refractivity contribution >= 4 is 0 Å². The Morgan fingerprint density at radius 2 is 1.92 bits per heavy atom. The largest absolute Gasteiger partial charge is 0.388 e. The molecule has 1 rings (SSSR count). The minimum absolute atomic E-state index is 0.132. The van der Waals surface area contributed by atoms with Gasteiger partial charge in [-0.05, 0) is 5.56 Å². The van der Waals surface area contributed by atoms with Gasteiger partial charge in [0.05, 0.1) is 12.7 Å². The number of benzene rings is 1. The molecule has 0 heterocycles. The fourth-order valence-electron chi connectivity index (χ4n) is 1.33. The van der Waals surface area contributed by atoms with Crippen molar-refractivity contribution in [1.29, 1.82) is 0 Å². The standard InChI is InChI=1S/C11H16O2/c1-9(8-13-2)11(12)10-6-4-3-5-7-10/h3-7,9,11-12H,8H2,1-2H3/t9-,11+/m1/s1. The van der Waals surface area contributed by atoms with Crippen LogP contribution < -0.4 is 0 Å². The third-order valence-corrected chi connectivity index (χ3v) is 2.11. The molecular weight excluding hydrogens is 164 g/mol. The van der Waals surface area contributed by atoms with Crippen LogP contribution in [0.5, 0.6) is 0 Å². The third-order valence-electron chi connectivity index (χ3n) is 2.11. The van der Waals surface area contributed by atoms with Gasteiger partial charge in [0.25, 0.3) is 0 Å². The van der Waals surface area contributed by atoms with Gasteiger partial charge in [-0.3, -0.25) is 0 Å². The number of aliphatic hydroxyl groups is 1. The molecule has 0 fully saturated rings. The Labute approximate surface area is 79.2 Å². The Hall–Kier alpha value is -0.860. The zero-order chi connectivity index (χ0) is 9.68. The van der Waals surface area contributed by atoms with E-state index in [9.17, 15) is 5.11 Å². The molecule has 0 radical (unpaired) electrons. The zero-order valence-corrected chi connectivity index (χ0v) is 8.10. The van der Waals surface area contributed by atoms with Gasteiger partial charge in [0.15, 0.2) is 0 Å². The predicted molar refractivity (Wildman–Crippen MR) is 52.4 cm³/mol. The van der Waals surface area contributed by atoms with Crippen molar-refractivity contribution in [1.82, 2.24) is 0 Å². The molecule has 0 unspecified atom stereocenters. The molecule has 0 amide bonds. The van der Waals surface area contributed by atoms with Gasteiger partial charge in [0.2, 0.25) is 0 Å². The summed E-state index contributed by atoms with van der Waals surface area (Å²) >= 11 is 0. The minimum atomic E-state index is -0.429. The molecule has 0 spiro atoms. The number of methoxy groups -OCH3 is 1. The van der Waals surface area contributed by atoms with Crippen molar-refractivity contribution in [3.63, 3.8) is 0 Å². The summed E-state index contributed by atoms with van der Waals surface area (Å²) in [7, 11) is 1.65. The van der Waals surface area contributed by atoms with E-state index in [2.05, 4.69) is 0 Å². The van der Waals surface area contributed by atoms with Crippen molar-refractivity contribution < 1.29 is 9.84 Å². The number of hydrogen-bond acceptors (Lipinski definition) is 2. The zero-order valence-electron chi connectivity index (χ0n) is 8.10. The highest BCUT2D eigenvalue weighted by Gasteiger charge is 2.15. The maximum absolute atomic E-state index is 9.84. The summed E-state index contributed by atoms with van der Waals surface area (Å²) in [5.74, 6) is 0.132. The Balaban J connectivity index is 2.62. The van der Waals surface area contributed by atoms with Crippen LogP contribution in [0.15, 0.2) is 30.3 Å². The second-order valence-corrected chi connectivity index (χ2v) is 3.29. The predicted octanol–water partition coefficient (Wildman–Crippen LogP) is 2.00. The lowest BCUT2D eigenvalue weighted by molar-refractivity contribution is 0.0567. The maximum Gasteiger partial charge on any atom is 0.0837 e. The molecule has 0 aliphatic rings. The van der Waals surface area contributed by atoms with Crippen molar-refractivity contribution in [2.24, 2.45) is 5.92 Å². The van der Waals surface area contributed by atoms with Crippen LogP contribution in [0.2, 0.25) is 0 Å². The van der Waals surface area contributed by atoms with Crippen LogP contribution in [-0.4, -0.2) is 18.8 Å². The van der Waals surface area contributed by atoms with Gasteiger partial charge in [0, 0.05) is 13.0 Å². The second kappa shape index (κ2) is 5.00. The first-order chi connectivity index (χ1) is 6.25. The topological polar surface area (TPSA) is 29.5 Å². The van der Waals surface area contributed by atoms with E-state index < -0.39 is 6.10 Å². The average Bonchev–Trinajstić information content (AvgIpc) is 2.18. The smallest absolute Gasteiger partial charge is 0.0837 e. The molecule has 2 atom stereocenters. The first-order valence-corrected chi connectivity index (χ1v) is 4.47. The van der Waals surface area contributed by atoms with Crippen LogP contribution >= 0.6 is 0 Å². The highest BCUT2D eigenvalue weighted by atomic mass is 16.5. The van der Waals surface area contributed by atoms with E-state index >= 15 is 0 Å². The first-order valence-electron chi connectivity index (χ1n) is 4.47. The molecule has 2 nitrogen and oxygen atoms in total. The number of hydrogen-bond donors (Lipinski definition) is 1. The molecule has 0 bridgehead atoms. The van der Waals surface area contributed by atoms with Crippen LogP contribution in [0.4, 0.5) is 0 Å². The summed E-state index contributed by atoms with van der Waals surface area (Å²) < 4.78 is 4.99. The lowest BCUT2D eigenvalue weighted by Crippen LogP contribution is -2.14. The van der Waals surface area contributed by atoms with Gasteiger partial charge in [-0.1, -0.05) is 37.3 Å². The molecule has 0 aromatic heterocycles. The quantitative estimate of drug-likeness (QED) is 0.768. The van der Waals surface area contributed by atoms with Crippen LogP contribution in [0.25, 0.3) is 0 Å². The first kappa shape index (κ1) is 10.2. The molecular formula is C11H16O2. The molecule has 0 saturated carbocycles. The van der Waals surface area contributed by atoms with E-state index in [1.165, 1.54) is 0 Å². The Bertz CT molecular complexity index is 233. The van der Waals surface area contributed by atoms with Crippen LogP contribution in [0.1, 0.15) is 18.6 Å². The normalized spacial score (nSPS) is 15.3. The Kier molecular flexibility index (Phi) is 3.93. The fraction of sp³-hybridized carbons (Fsp3) is 0.455. The van der Waals surface area contributed by atoms with Crippen LogP contribution in [-0.2, 0) is 4.74 Å². The molecule has 13 heavy (non-hydrogen) atoms. The molecule has 1 aromatic rings. The lowest BCUT2D eigenvalue weighted by atomic mass is 9.98. The van der Waals surface area contributed by atoms with Gasteiger partial charge >= 0.3 is 0 Å². The molecule has 1 N–H and O–H groups in total. The van der Waals surface area contributed by atoms with Crippen molar-refractivity contribution in [2.45, 2.75) is 13.0 Å². The van der Waals surface area contributed by atoms with Crippen molar-refractivity contribution in [3.8, 4) is 0 Å². The van der Waals surface area contributed by atoms with Gasteiger partial charge in [-0.2, -0.15) is 0 Å². The average molecular weight is 180 g/mol. The summed E-state index contributed by atoms with van der Waals surface area (Å²) in [6, 6.07) is 9.65. The van der Waals surface area contributed by atoms with Crippen molar-refractivity contribution in [3.05, 3.63) is 35.9 Å². The lowest BCUT2D eigenvalue weighted by Gasteiger charge is -2.17. The van der Waals surface area contributed by atoms with Gasteiger partial charge in [-0.15, -0.1) is 0 Å². The molecule has 0 aliphatic carbocycles. The monoisotopic (exact) mass is 180 g/mol. The van der Waals surface area contributed by atoms with Gasteiger partial charge in [-0.25, -0.2) is 0 Å². The Morgan fingerprint density at radius 1 is 1.31 bits per heavy atom. The number of ether oxygens (including phenoxy) is 1. The third kappa shape index (κ3) is 2.83. The SMILES string of the molecule is COC[C@@H](C)[C@H](O)c1ccccc1. The highest BCUT2D eigenvalue weighted by Crippen LogP contribution is 2.21. The van der Waals surface area contributed by atoms with Gasteiger partial charge < -0.3 is 9.84 Å². The Morgan fingerprint density at radius 3 is 2.46 bits per heavy atom.